The largest absolute Gasteiger partial charge is 0.496 e. The molecule has 3 rings (SSSR count). The first kappa shape index (κ1) is 33.1. The molecule has 1 unspecified atom stereocenters. The first-order valence-corrected chi connectivity index (χ1v) is 20.7. The van der Waals surface area contributed by atoms with Crippen LogP contribution in [-0.2, 0) is 18.9 Å². The van der Waals surface area contributed by atoms with Crippen molar-refractivity contribution in [2.75, 3.05) is 26.2 Å². The van der Waals surface area contributed by atoms with Gasteiger partial charge in [-0.1, -0.05) is 101 Å². The number of hydrogen-bond donors (Lipinski definition) is 0. The lowest BCUT2D eigenvalue weighted by atomic mass is 10.1. The number of nitrogens with zero attached hydrogens (tertiary/aromatic N) is 1. The molecule has 0 fully saturated rings. The molecule has 226 valence electrons. The van der Waals surface area contributed by atoms with Gasteiger partial charge in [-0.05, 0) is 48.6 Å². The fraction of sp³-hybridized carbons (Fsp3) is 0.545. The van der Waals surface area contributed by atoms with E-state index in [4.69, 9.17) is 18.9 Å². The van der Waals surface area contributed by atoms with E-state index in [1.54, 1.807) is 11.1 Å². The van der Waals surface area contributed by atoms with Gasteiger partial charge in [-0.25, -0.2) is 4.79 Å². The molecule has 1 amide bonds. The van der Waals surface area contributed by atoms with Crippen LogP contribution in [0.5, 0.6) is 0 Å². The maximum Gasteiger partial charge on any atom is 0.414 e. The highest BCUT2D eigenvalue weighted by Gasteiger charge is 2.49. The second kappa shape index (κ2) is 13.7. The standard InChI is InChI=1S/C33H51NO5Si2/c1-32(2,3)39-31(35)34-21-20-29(37-25-36-22-23-40(7,8)9)30(24-34)38-26-41(33(4,5)6,27-16-12-10-13-17-27)28-18-14-11-15-19-28/h10-19,24,29H,20-23,25-26H2,1-9H3. The Hall–Kier alpha value is -2.40. The summed E-state index contributed by atoms with van der Waals surface area (Å²) in [5.74, 6) is 0.642. The van der Waals surface area contributed by atoms with Crippen LogP contribution in [0.3, 0.4) is 0 Å². The average Bonchev–Trinajstić information content (AvgIpc) is 2.88. The number of rotatable bonds is 11. The van der Waals surface area contributed by atoms with E-state index >= 15 is 0 Å². The van der Waals surface area contributed by atoms with Crippen LogP contribution < -0.4 is 10.4 Å². The molecule has 2 aromatic carbocycles. The summed E-state index contributed by atoms with van der Waals surface area (Å²) in [6.07, 6.45) is 2.20. The Labute approximate surface area is 250 Å². The SMILES string of the molecule is CC(C)(C)OC(=O)N1C=C(OC[Si](c2ccccc2)(c2ccccc2)C(C)(C)C)C(OCOCC[Si](C)(C)C)CC1. The van der Waals surface area contributed by atoms with Gasteiger partial charge in [0.15, 0.2) is 8.07 Å². The first-order valence-electron chi connectivity index (χ1n) is 14.8. The van der Waals surface area contributed by atoms with Gasteiger partial charge in [0, 0.05) is 21.2 Å². The van der Waals surface area contributed by atoms with E-state index in [1.807, 2.05) is 20.8 Å². The van der Waals surface area contributed by atoms with Crippen molar-refractivity contribution in [3.8, 4) is 0 Å². The molecule has 41 heavy (non-hydrogen) atoms. The molecule has 0 spiro atoms. The molecular formula is C33H51NO5Si2. The lowest BCUT2D eigenvalue weighted by Gasteiger charge is -2.44. The Morgan fingerprint density at radius 3 is 1.95 bits per heavy atom. The summed E-state index contributed by atoms with van der Waals surface area (Å²) >= 11 is 0. The molecule has 0 aromatic heterocycles. The zero-order chi connectivity index (χ0) is 30.3. The third-order valence-electron chi connectivity index (χ3n) is 7.48. The number of ether oxygens (including phenoxy) is 4. The van der Waals surface area contributed by atoms with Crippen molar-refractivity contribution in [1.82, 2.24) is 4.90 Å². The van der Waals surface area contributed by atoms with Gasteiger partial charge in [0.25, 0.3) is 0 Å². The molecule has 8 heteroatoms. The van der Waals surface area contributed by atoms with Crippen molar-refractivity contribution in [3.63, 3.8) is 0 Å². The third-order valence-corrected chi connectivity index (χ3v) is 15.0. The van der Waals surface area contributed by atoms with Gasteiger partial charge in [-0.3, -0.25) is 4.90 Å². The van der Waals surface area contributed by atoms with Gasteiger partial charge in [0.05, 0.1) is 12.4 Å². The maximum absolute atomic E-state index is 13.0. The molecular weight excluding hydrogens is 547 g/mol. The summed E-state index contributed by atoms with van der Waals surface area (Å²) in [5.41, 5.74) is -0.585. The van der Waals surface area contributed by atoms with E-state index < -0.39 is 21.7 Å². The van der Waals surface area contributed by atoms with Crippen LogP contribution in [0.1, 0.15) is 48.0 Å². The molecule has 2 aromatic rings. The molecule has 0 bridgehead atoms. The molecule has 1 heterocycles. The molecule has 0 radical (unpaired) electrons. The molecule has 0 aliphatic carbocycles. The predicted octanol–water partition coefficient (Wildman–Crippen LogP) is 6.79. The van der Waals surface area contributed by atoms with Gasteiger partial charge in [-0.2, -0.15) is 0 Å². The van der Waals surface area contributed by atoms with Crippen LogP contribution in [0.25, 0.3) is 0 Å². The number of carbonyl (C=O) groups is 1. The zero-order valence-corrected chi connectivity index (χ0v) is 28.7. The van der Waals surface area contributed by atoms with Crippen LogP contribution in [0.15, 0.2) is 72.6 Å². The molecule has 6 nitrogen and oxygen atoms in total. The number of amides is 1. The van der Waals surface area contributed by atoms with Gasteiger partial charge in [0.2, 0.25) is 0 Å². The Bertz CT molecular complexity index is 1090. The Kier molecular flexibility index (Phi) is 11.1. The van der Waals surface area contributed by atoms with Crippen molar-refractivity contribution < 1.29 is 23.7 Å². The molecule has 1 aliphatic rings. The summed E-state index contributed by atoms with van der Waals surface area (Å²) in [7, 11) is -3.68. The van der Waals surface area contributed by atoms with Crippen LogP contribution in [0.2, 0.25) is 30.7 Å². The van der Waals surface area contributed by atoms with Gasteiger partial charge in [0.1, 0.15) is 24.3 Å². The van der Waals surface area contributed by atoms with Gasteiger partial charge < -0.3 is 18.9 Å². The Balaban J connectivity index is 1.92. The lowest BCUT2D eigenvalue weighted by Crippen LogP contribution is -2.67. The zero-order valence-electron chi connectivity index (χ0n) is 26.7. The van der Waals surface area contributed by atoms with E-state index in [1.165, 1.54) is 10.4 Å². The summed E-state index contributed by atoms with van der Waals surface area (Å²) in [5, 5.41) is 2.56. The number of carbonyl (C=O) groups excluding carboxylic acids is 1. The van der Waals surface area contributed by atoms with Crippen LogP contribution in [-0.4, -0.2) is 65.0 Å². The highest BCUT2D eigenvalue weighted by atomic mass is 28.3. The van der Waals surface area contributed by atoms with Gasteiger partial charge >= 0.3 is 6.09 Å². The number of hydrogen-bond acceptors (Lipinski definition) is 5. The van der Waals surface area contributed by atoms with E-state index in [0.717, 1.165) is 6.04 Å². The topological polar surface area (TPSA) is 57.2 Å². The minimum atomic E-state index is -2.50. The normalized spacial score (nSPS) is 16.8. The average molecular weight is 598 g/mol. The van der Waals surface area contributed by atoms with Crippen LogP contribution in [0.4, 0.5) is 4.79 Å². The minimum Gasteiger partial charge on any atom is -0.496 e. The minimum absolute atomic E-state index is 0.0634. The second-order valence-corrected chi connectivity index (χ2v) is 24.5. The maximum atomic E-state index is 13.0. The molecule has 1 atom stereocenters. The summed E-state index contributed by atoms with van der Waals surface area (Å²) in [6.45, 7) is 20.9. The fourth-order valence-electron chi connectivity index (χ4n) is 5.08. The van der Waals surface area contributed by atoms with Crippen molar-refractivity contribution in [1.29, 1.82) is 0 Å². The summed E-state index contributed by atoms with van der Waals surface area (Å²) in [6, 6.07) is 22.6. The van der Waals surface area contributed by atoms with Crippen molar-refractivity contribution >= 4 is 32.6 Å². The summed E-state index contributed by atoms with van der Waals surface area (Å²) in [4.78, 5) is 14.6. The van der Waals surface area contributed by atoms with Crippen molar-refractivity contribution in [2.45, 2.75) is 90.4 Å². The monoisotopic (exact) mass is 597 g/mol. The third kappa shape index (κ3) is 9.30. The molecule has 0 saturated carbocycles. The highest BCUT2D eigenvalue weighted by molar-refractivity contribution is 7.04. The molecule has 0 N–H and O–H groups in total. The van der Waals surface area contributed by atoms with Crippen molar-refractivity contribution in [2.24, 2.45) is 0 Å². The predicted molar refractivity (Wildman–Crippen MR) is 173 cm³/mol. The Morgan fingerprint density at radius 1 is 0.902 bits per heavy atom. The lowest BCUT2D eigenvalue weighted by molar-refractivity contribution is -0.0945. The summed E-state index contributed by atoms with van der Waals surface area (Å²) < 4.78 is 24.6. The van der Waals surface area contributed by atoms with Crippen LogP contribution in [0, 0.1) is 0 Å². The van der Waals surface area contributed by atoms with Gasteiger partial charge in [-0.15, -0.1) is 0 Å². The van der Waals surface area contributed by atoms with E-state index in [0.29, 0.717) is 31.6 Å². The second-order valence-electron chi connectivity index (χ2n) is 14.2. The highest BCUT2D eigenvalue weighted by Crippen LogP contribution is 2.37. The van der Waals surface area contributed by atoms with E-state index in [9.17, 15) is 4.79 Å². The first-order chi connectivity index (χ1) is 19.1. The quantitative estimate of drug-likeness (QED) is 0.162. The molecule has 1 aliphatic heterocycles. The van der Waals surface area contributed by atoms with Crippen molar-refractivity contribution in [3.05, 3.63) is 72.6 Å². The molecule has 0 saturated heterocycles. The van der Waals surface area contributed by atoms with Crippen LogP contribution >= 0.6 is 0 Å². The fourth-order valence-corrected chi connectivity index (χ4v) is 10.6. The van der Waals surface area contributed by atoms with E-state index in [2.05, 4.69) is 101 Å². The Morgan fingerprint density at radius 2 is 1.46 bits per heavy atom. The smallest absolute Gasteiger partial charge is 0.414 e. The van der Waals surface area contributed by atoms with E-state index in [-0.39, 0.29) is 24.0 Å². The number of benzene rings is 2.